The average Bonchev–Trinajstić information content (AvgIpc) is 3.48. The second kappa shape index (κ2) is 8.12. The minimum Gasteiger partial charge on any atom is -0.463 e. The van der Waals surface area contributed by atoms with Crippen LogP contribution < -0.4 is 10.5 Å². The number of hydrogen-bond acceptors (Lipinski definition) is 5. The molecule has 0 saturated carbocycles. The molecule has 164 valence electrons. The molecule has 33 heavy (non-hydrogen) atoms. The second-order valence-electron chi connectivity index (χ2n) is 8.31. The molecule has 0 fully saturated rings. The van der Waals surface area contributed by atoms with E-state index in [1.807, 2.05) is 30.3 Å². The van der Waals surface area contributed by atoms with Crippen molar-refractivity contribution in [2.45, 2.75) is 38.6 Å². The van der Waals surface area contributed by atoms with Crippen molar-refractivity contribution in [3.8, 4) is 0 Å². The number of hydrogen-bond donors (Lipinski definition) is 0. The number of nitrogens with zero attached hydrogens (tertiary/aromatic N) is 5. The largest absolute Gasteiger partial charge is 0.463 e. The highest BCUT2D eigenvalue weighted by molar-refractivity contribution is 6.03. The van der Waals surface area contributed by atoms with Crippen molar-refractivity contribution in [2.24, 2.45) is 5.10 Å². The van der Waals surface area contributed by atoms with Crippen molar-refractivity contribution < 1.29 is 9.40 Å². The molecule has 4 heterocycles. The third kappa shape index (κ3) is 3.53. The Morgan fingerprint density at radius 2 is 2.00 bits per heavy atom. The first-order valence-corrected chi connectivity index (χ1v) is 11.3. The molecule has 0 atom stereocenters. The van der Waals surface area contributed by atoms with E-state index in [0.717, 1.165) is 30.3 Å². The fraction of sp³-hybridized carbons (Fsp3) is 0.240. The lowest BCUT2D eigenvalue weighted by Crippen LogP contribution is -2.27. The van der Waals surface area contributed by atoms with Gasteiger partial charge in [-0.3, -0.25) is 0 Å². The number of furan rings is 1. The fourth-order valence-electron chi connectivity index (χ4n) is 4.46. The van der Waals surface area contributed by atoms with Gasteiger partial charge in [0.2, 0.25) is 5.65 Å². The van der Waals surface area contributed by atoms with E-state index in [9.17, 15) is 4.79 Å². The highest BCUT2D eigenvalue weighted by atomic mass is 16.3. The van der Waals surface area contributed by atoms with Gasteiger partial charge in [0.15, 0.2) is 11.7 Å². The van der Waals surface area contributed by atoms with Crippen LogP contribution in [0.2, 0.25) is 0 Å². The summed E-state index contributed by atoms with van der Waals surface area (Å²) in [6.07, 6.45) is 12.9. The fourth-order valence-corrected chi connectivity index (χ4v) is 4.46. The molecule has 1 aliphatic carbocycles. The van der Waals surface area contributed by atoms with Crippen LogP contribution in [0.3, 0.4) is 0 Å². The quantitative estimate of drug-likeness (QED) is 0.305. The Morgan fingerprint density at radius 1 is 1.12 bits per heavy atom. The molecule has 5 aromatic rings. The number of rotatable bonds is 5. The SMILES string of the molecule is O=c1c2c3nc4ccccc4nc3n(/N=C/c3ccco3)c2[nH+]cn1CCC1=CCCCC1. The topological polar surface area (TPSA) is 92.3 Å². The molecule has 0 spiro atoms. The highest BCUT2D eigenvalue weighted by Crippen LogP contribution is 2.24. The van der Waals surface area contributed by atoms with Crippen molar-refractivity contribution in [3.05, 3.63) is 76.8 Å². The van der Waals surface area contributed by atoms with E-state index in [1.165, 1.54) is 18.4 Å². The maximum atomic E-state index is 13.6. The summed E-state index contributed by atoms with van der Waals surface area (Å²) in [5.74, 6) is 0.604. The molecule has 0 aliphatic heterocycles. The van der Waals surface area contributed by atoms with Crippen molar-refractivity contribution in [3.63, 3.8) is 0 Å². The lowest BCUT2D eigenvalue weighted by molar-refractivity contribution is -0.357. The Kier molecular flexibility index (Phi) is 4.83. The molecule has 1 aromatic carbocycles. The lowest BCUT2D eigenvalue weighted by atomic mass is 9.97. The predicted molar refractivity (Wildman–Crippen MR) is 126 cm³/mol. The van der Waals surface area contributed by atoms with Gasteiger partial charge in [-0.05, 0) is 56.4 Å². The Balaban J connectivity index is 1.53. The van der Waals surface area contributed by atoms with Crippen LogP contribution in [0, 0.1) is 0 Å². The van der Waals surface area contributed by atoms with Crippen molar-refractivity contribution >= 4 is 39.4 Å². The molecule has 0 amide bonds. The first kappa shape index (κ1) is 19.6. The number of aromatic amines is 1. The van der Waals surface area contributed by atoms with Gasteiger partial charge < -0.3 is 4.42 Å². The zero-order valence-corrected chi connectivity index (χ0v) is 18.1. The number of fused-ring (bicyclic) bond motifs is 4. The van der Waals surface area contributed by atoms with Gasteiger partial charge in [0, 0.05) is 0 Å². The Labute approximate surface area is 188 Å². The summed E-state index contributed by atoms with van der Waals surface area (Å²) in [5, 5.41) is 5.06. The Hall–Kier alpha value is -4.07. The summed E-state index contributed by atoms with van der Waals surface area (Å²) >= 11 is 0. The second-order valence-corrected chi connectivity index (χ2v) is 8.31. The minimum atomic E-state index is -0.0957. The summed E-state index contributed by atoms with van der Waals surface area (Å²) < 4.78 is 8.74. The third-order valence-electron chi connectivity index (χ3n) is 6.17. The van der Waals surface area contributed by atoms with Gasteiger partial charge in [0.1, 0.15) is 17.5 Å². The third-order valence-corrected chi connectivity index (χ3v) is 6.17. The van der Waals surface area contributed by atoms with Crippen molar-refractivity contribution in [1.82, 2.24) is 19.2 Å². The zero-order valence-electron chi connectivity index (χ0n) is 18.1. The normalized spacial score (nSPS) is 14.6. The van der Waals surface area contributed by atoms with E-state index in [-0.39, 0.29) is 5.56 Å². The van der Waals surface area contributed by atoms with Crippen molar-refractivity contribution in [1.29, 1.82) is 0 Å². The molecule has 1 N–H and O–H groups in total. The summed E-state index contributed by atoms with van der Waals surface area (Å²) in [7, 11) is 0. The van der Waals surface area contributed by atoms with Crippen LogP contribution in [0.25, 0.3) is 33.2 Å². The van der Waals surface area contributed by atoms with Crippen LogP contribution in [0.4, 0.5) is 0 Å². The minimum absolute atomic E-state index is 0.0957. The molecule has 1 aliphatic rings. The molecule has 0 unspecified atom stereocenters. The number of aromatic nitrogens is 5. The van der Waals surface area contributed by atoms with Crippen LogP contribution in [0.15, 0.2) is 75.0 Å². The number of aryl methyl sites for hydroxylation is 1. The lowest BCUT2D eigenvalue weighted by Gasteiger charge is -2.11. The molecule has 0 saturated heterocycles. The monoisotopic (exact) mass is 439 g/mol. The van der Waals surface area contributed by atoms with Crippen molar-refractivity contribution in [2.75, 3.05) is 0 Å². The maximum Gasteiger partial charge on any atom is 0.322 e. The van der Waals surface area contributed by atoms with E-state index in [0.29, 0.717) is 34.5 Å². The summed E-state index contributed by atoms with van der Waals surface area (Å²) in [5.41, 5.74) is 4.43. The molecule has 8 heteroatoms. The standard InChI is InChI=1S/C25H22N6O2/c32-25-21-22-24(29-20-11-5-4-10-19(20)28-22)31(27-15-18-9-6-14-33-18)23(21)26-16-30(25)13-12-17-7-2-1-3-8-17/h4-7,9-11,14-16H,1-3,8,12-13H2/p+1/b27-15+. The first-order chi connectivity index (χ1) is 16.3. The van der Waals surface area contributed by atoms with Crippen LogP contribution in [0.5, 0.6) is 0 Å². The zero-order chi connectivity index (χ0) is 22.2. The van der Waals surface area contributed by atoms with Crippen LogP contribution in [-0.4, -0.2) is 25.4 Å². The molecule has 0 radical (unpaired) electrons. The van der Waals surface area contributed by atoms with E-state index in [1.54, 1.807) is 34.1 Å². The van der Waals surface area contributed by atoms with Crippen LogP contribution in [0.1, 0.15) is 37.9 Å². The average molecular weight is 439 g/mol. The van der Waals surface area contributed by atoms with Gasteiger partial charge >= 0.3 is 5.56 Å². The molecule has 6 rings (SSSR count). The summed E-state index contributed by atoms with van der Waals surface area (Å²) in [4.78, 5) is 26.4. The predicted octanol–water partition coefficient (Wildman–Crippen LogP) is 4.08. The van der Waals surface area contributed by atoms with Gasteiger partial charge in [-0.25, -0.2) is 24.3 Å². The van der Waals surface area contributed by atoms with Crippen LogP contribution >= 0.6 is 0 Å². The van der Waals surface area contributed by atoms with E-state index in [4.69, 9.17) is 14.4 Å². The van der Waals surface area contributed by atoms with Gasteiger partial charge in [-0.1, -0.05) is 23.8 Å². The maximum absolute atomic E-state index is 13.6. The number of H-pyrrole nitrogens is 1. The Bertz CT molecular complexity index is 1590. The summed E-state index contributed by atoms with van der Waals surface area (Å²) in [6, 6.07) is 11.3. The molecular formula is C25H23N6O2+. The van der Waals surface area contributed by atoms with Gasteiger partial charge in [-0.2, -0.15) is 0 Å². The van der Waals surface area contributed by atoms with Gasteiger partial charge in [-0.15, -0.1) is 9.78 Å². The number of para-hydroxylation sites is 2. The first-order valence-electron chi connectivity index (χ1n) is 11.3. The molecule has 4 aromatic heterocycles. The molecule has 8 nitrogen and oxygen atoms in total. The molecule has 0 bridgehead atoms. The smallest absolute Gasteiger partial charge is 0.322 e. The molecular weight excluding hydrogens is 416 g/mol. The summed E-state index contributed by atoms with van der Waals surface area (Å²) in [6.45, 7) is 0.625. The number of benzene rings is 1. The number of nitrogens with one attached hydrogen (secondary N) is 1. The van der Waals surface area contributed by atoms with E-state index >= 15 is 0 Å². The number of allylic oxidation sites excluding steroid dienone is 2. The highest BCUT2D eigenvalue weighted by Gasteiger charge is 2.24. The van der Waals surface area contributed by atoms with E-state index in [2.05, 4.69) is 16.2 Å². The Morgan fingerprint density at radius 3 is 2.79 bits per heavy atom. The van der Waals surface area contributed by atoms with Crippen LogP contribution in [-0.2, 0) is 6.54 Å². The van der Waals surface area contributed by atoms with Gasteiger partial charge in [0.25, 0.3) is 5.65 Å². The van der Waals surface area contributed by atoms with Gasteiger partial charge in [0.05, 0.1) is 23.8 Å². The van der Waals surface area contributed by atoms with E-state index < -0.39 is 0 Å².